The summed E-state index contributed by atoms with van der Waals surface area (Å²) in [6, 6.07) is 78.3. The normalized spacial score (nSPS) is 11.3. The van der Waals surface area contributed by atoms with Crippen molar-refractivity contribution < 1.29 is 4.42 Å². The molecule has 286 valence electrons. The van der Waals surface area contributed by atoms with Crippen LogP contribution >= 0.6 is 0 Å². The van der Waals surface area contributed by atoms with E-state index in [0.717, 1.165) is 77.6 Å². The third-order valence-corrected chi connectivity index (χ3v) is 11.4. The van der Waals surface area contributed by atoms with Crippen LogP contribution in [0.3, 0.4) is 0 Å². The highest BCUT2D eigenvalue weighted by Crippen LogP contribution is 2.36. The lowest BCUT2D eigenvalue weighted by Crippen LogP contribution is -2.01. The Hall–Kier alpha value is -8.21. The molecule has 0 atom stereocenters. The van der Waals surface area contributed by atoms with Crippen molar-refractivity contribution in [1.82, 2.24) is 15.0 Å². The smallest absolute Gasteiger partial charge is 0.164 e. The number of fused-ring (bicyclic) bond motifs is 3. The van der Waals surface area contributed by atoms with E-state index < -0.39 is 0 Å². The molecule has 4 heteroatoms. The van der Waals surface area contributed by atoms with E-state index in [2.05, 4.69) is 194 Å². The van der Waals surface area contributed by atoms with Crippen LogP contribution in [0.15, 0.2) is 229 Å². The average molecular weight is 780 g/mol. The van der Waals surface area contributed by atoms with Gasteiger partial charge >= 0.3 is 0 Å². The minimum Gasteiger partial charge on any atom is -0.456 e. The van der Waals surface area contributed by atoms with Crippen molar-refractivity contribution in [3.8, 4) is 89.8 Å². The fourth-order valence-electron chi connectivity index (χ4n) is 8.20. The first kappa shape index (κ1) is 35.9. The molecule has 0 fully saturated rings. The number of para-hydroxylation sites is 1. The van der Waals surface area contributed by atoms with E-state index in [1.54, 1.807) is 0 Å². The molecule has 0 bridgehead atoms. The number of benzene rings is 9. The zero-order chi connectivity index (χ0) is 40.5. The summed E-state index contributed by atoms with van der Waals surface area (Å²) in [5, 5.41) is 2.27. The summed E-state index contributed by atoms with van der Waals surface area (Å²) in [4.78, 5) is 15.3. The molecule has 11 rings (SSSR count). The Bertz CT molecular complexity index is 3320. The standard InChI is InChI=1S/C57H37N3O/c1-3-12-38(13-4-1)39-26-30-44(31-27-39)55-58-56(60-57(59-55)51-20-8-7-18-49(51)43-14-5-2-6-15-43)45-32-28-41(29-33-45)40-22-24-42(25-23-40)46-16-11-17-47(36-46)48-34-35-54-52(37-48)50-19-9-10-21-53(50)61-54/h1-37H. The molecule has 0 spiro atoms. The van der Waals surface area contributed by atoms with Gasteiger partial charge in [-0.15, -0.1) is 0 Å². The Morgan fingerprint density at radius 3 is 1.25 bits per heavy atom. The Kier molecular flexibility index (Phi) is 9.14. The molecular weight excluding hydrogens is 743 g/mol. The maximum atomic E-state index is 6.08. The third-order valence-electron chi connectivity index (χ3n) is 11.4. The van der Waals surface area contributed by atoms with Gasteiger partial charge in [-0.1, -0.05) is 200 Å². The van der Waals surface area contributed by atoms with E-state index in [0.29, 0.717) is 17.5 Å². The third kappa shape index (κ3) is 7.07. The Balaban J connectivity index is 0.904. The molecule has 0 radical (unpaired) electrons. The first-order valence-electron chi connectivity index (χ1n) is 20.5. The molecule has 4 nitrogen and oxygen atoms in total. The van der Waals surface area contributed by atoms with Gasteiger partial charge in [-0.2, -0.15) is 0 Å². The zero-order valence-corrected chi connectivity index (χ0v) is 33.1. The molecule has 9 aromatic carbocycles. The highest BCUT2D eigenvalue weighted by atomic mass is 16.3. The molecule has 0 saturated carbocycles. The molecule has 11 aromatic rings. The second-order valence-electron chi connectivity index (χ2n) is 15.2. The largest absolute Gasteiger partial charge is 0.456 e. The molecule has 2 aromatic heterocycles. The van der Waals surface area contributed by atoms with Gasteiger partial charge in [-0.25, -0.2) is 15.0 Å². The molecule has 0 saturated heterocycles. The maximum absolute atomic E-state index is 6.08. The highest BCUT2D eigenvalue weighted by Gasteiger charge is 2.16. The van der Waals surface area contributed by atoms with Gasteiger partial charge in [-0.05, 0) is 79.9 Å². The van der Waals surface area contributed by atoms with Crippen molar-refractivity contribution in [2.24, 2.45) is 0 Å². The van der Waals surface area contributed by atoms with Gasteiger partial charge in [0.05, 0.1) is 0 Å². The summed E-state index contributed by atoms with van der Waals surface area (Å²) in [6.07, 6.45) is 0. The number of furan rings is 1. The van der Waals surface area contributed by atoms with Crippen LogP contribution in [-0.4, -0.2) is 15.0 Å². The second kappa shape index (κ2) is 15.5. The number of rotatable bonds is 8. The molecule has 0 amide bonds. The molecule has 2 heterocycles. The predicted molar refractivity (Wildman–Crippen MR) is 251 cm³/mol. The van der Waals surface area contributed by atoms with Crippen LogP contribution < -0.4 is 0 Å². The molecule has 61 heavy (non-hydrogen) atoms. The number of hydrogen-bond acceptors (Lipinski definition) is 4. The number of hydrogen-bond donors (Lipinski definition) is 0. The van der Waals surface area contributed by atoms with E-state index in [9.17, 15) is 0 Å². The van der Waals surface area contributed by atoms with Crippen LogP contribution in [0.4, 0.5) is 0 Å². The fraction of sp³-hybridized carbons (Fsp3) is 0. The van der Waals surface area contributed by atoms with Gasteiger partial charge in [0.15, 0.2) is 17.5 Å². The van der Waals surface area contributed by atoms with Crippen molar-refractivity contribution >= 4 is 21.9 Å². The first-order valence-corrected chi connectivity index (χ1v) is 20.5. The van der Waals surface area contributed by atoms with Crippen molar-refractivity contribution in [1.29, 1.82) is 0 Å². The predicted octanol–water partition coefficient (Wildman–Crippen LogP) is 15.1. The lowest BCUT2D eigenvalue weighted by atomic mass is 9.96. The Morgan fingerprint density at radius 1 is 0.230 bits per heavy atom. The summed E-state index contributed by atoms with van der Waals surface area (Å²) in [5.41, 5.74) is 16.0. The van der Waals surface area contributed by atoms with E-state index in [1.165, 1.54) is 16.7 Å². The van der Waals surface area contributed by atoms with E-state index in [-0.39, 0.29) is 0 Å². The zero-order valence-electron chi connectivity index (χ0n) is 33.1. The van der Waals surface area contributed by atoms with Crippen molar-refractivity contribution in [2.45, 2.75) is 0 Å². The van der Waals surface area contributed by atoms with Gasteiger partial charge in [0.25, 0.3) is 0 Å². The monoisotopic (exact) mass is 779 g/mol. The van der Waals surface area contributed by atoms with Gasteiger partial charge in [0, 0.05) is 27.5 Å². The number of nitrogens with zero attached hydrogens (tertiary/aromatic N) is 3. The number of aromatic nitrogens is 3. The maximum Gasteiger partial charge on any atom is 0.164 e. The van der Waals surface area contributed by atoms with Crippen LogP contribution in [0, 0.1) is 0 Å². The minimum absolute atomic E-state index is 0.622. The highest BCUT2D eigenvalue weighted by molar-refractivity contribution is 6.06. The summed E-state index contributed by atoms with van der Waals surface area (Å²) >= 11 is 0. The average Bonchev–Trinajstić information content (AvgIpc) is 3.73. The van der Waals surface area contributed by atoms with E-state index in [1.807, 2.05) is 30.3 Å². The van der Waals surface area contributed by atoms with E-state index in [4.69, 9.17) is 19.4 Å². The SMILES string of the molecule is c1ccc(-c2ccc(-c3nc(-c4ccc(-c5ccc(-c6cccc(-c7ccc8oc9ccccc9c8c7)c6)cc5)cc4)nc(-c4ccccc4-c4ccccc4)n3)cc2)cc1. The van der Waals surface area contributed by atoms with Crippen LogP contribution in [0.2, 0.25) is 0 Å². The Labute approximate surface area is 354 Å². The van der Waals surface area contributed by atoms with Crippen LogP contribution in [0.25, 0.3) is 112 Å². The second-order valence-corrected chi connectivity index (χ2v) is 15.2. The van der Waals surface area contributed by atoms with Gasteiger partial charge in [0.1, 0.15) is 11.2 Å². The topological polar surface area (TPSA) is 51.8 Å². The minimum atomic E-state index is 0.622. The van der Waals surface area contributed by atoms with Crippen LogP contribution in [0.1, 0.15) is 0 Å². The first-order chi connectivity index (χ1) is 30.2. The van der Waals surface area contributed by atoms with Gasteiger partial charge in [-0.3, -0.25) is 0 Å². The van der Waals surface area contributed by atoms with Gasteiger partial charge in [0.2, 0.25) is 0 Å². The lowest BCUT2D eigenvalue weighted by Gasteiger charge is -2.12. The van der Waals surface area contributed by atoms with Crippen molar-refractivity contribution in [3.05, 3.63) is 224 Å². The summed E-state index contributed by atoms with van der Waals surface area (Å²) in [7, 11) is 0. The summed E-state index contributed by atoms with van der Waals surface area (Å²) < 4.78 is 6.08. The fourth-order valence-corrected chi connectivity index (χ4v) is 8.20. The Morgan fingerprint density at radius 2 is 0.623 bits per heavy atom. The molecule has 0 aliphatic rings. The van der Waals surface area contributed by atoms with E-state index >= 15 is 0 Å². The van der Waals surface area contributed by atoms with Crippen LogP contribution in [0.5, 0.6) is 0 Å². The van der Waals surface area contributed by atoms with Crippen molar-refractivity contribution in [3.63, 3.8) is 0 Å². The van der Waals surface area contributed by atoms with Gasteiger partial charge < -0.3 is 4.42 Å². The molecule has 0 unspecified atom stereocenters. The molecular formula is C57H37N3O. The summed E-state index contributed by atoms with van der Waals surface area (Å²) in [6.45, 7) is 0. The summed E-state index contributed by atoms with van der Waals surface area (Å²) in [5.74, 6) is 1.88. The lowest BCUT2D eigenvalue weighted by molar-refractivity contribution is 0.669. The molecule has 0 aliphatic heterocycles. The van der Waals surface area contributed by atoms with Crippen molar-refractivity contribution in [2.75, 3.05) is 0 Å². The van der Waals surface area contributed by atoms with Crippen LogP contribution in [-0.2, 0) is 0 Å². The quantitative estimate of drug-likeness (QED) is 0.154. The molecule has 0 aliphatic carbocycles. The molecule has 0 N–H and O–H groups in total.